The molecule has 0 saturated heterocycles. The minimum absolute atomic E-state index is 0.0107. The summed E-state index contributed by atoms with van der Waals surface area (Å²) in [6.07, 6.45) is 3.12. The van der Waals surface area contributed by atoms with Crippen LogP contribution in [0.1, 0.15) is 33.1 Å². The van der Waals surface area contributed by atoms with Gasteiger partial charge in [-0.3, -0.25) is 0 Å². The van der Waals surface area contributed by atoms with Gasteiger partial charge in [-0.1, -0.05) is 54.2 Å². The highest BCUT2D eigenvalue weighted by molar-refractivity contribution is 9.10. The molecule has 1 aromatic rings. The largest absolute Gasteiger partial charge is 0.242 e. The maximum absolute atomic E-state index is 12.5. The van der Waals surface area contributed by atoms with Crippen LogP contribution in [0.2, 0.25) is 5.02 Å². The van der Waals surface area contributed by atoms with Crippen LogP contribution >= 0.6 is 27.5 Å². The summed E-state index contributed by atoms with van der Waals surface area (Å²) in [5.74, 6) is 0.879. The summed E-state index contributed by atoms with van der Waals surface area (Å²) in [4.78, 5) is 0.146. The van der Waals surface area contributed by atoms with E-state index in [2.05, 4.69) is 34.5 Å². The Labute approximate surface area is 134 Å². The van der Waals surface area contributed by atoms with Gasteiger partial charge in [0.25, 0.3) is 0 Å². The van der Waals surface area contributed by atoms with Crippen molar-refractivity contribution in [3.63, 3.8) is 0 Å². The Balaban J connectivity index is 2.22. The number of benzene rings is 1. The summed E-state index contributed by atoms with van der Waals surface area (Å²) in [7, 11) is -3.57. The van der Waals surface area contributed by atoms with E-state index in [0.29, 0.717) is 11.8 Å². The van der Waals surface area contributed by atoms with E-state index in [1.54, 1.807) is 12.1 Å². The molecule has 6 heteroatoms. The predicted molar refractivity (Wildman–Crippen MR) is 85.4 cm³/mol. The van der Waals surface area contributed by atoms with Crippen LogP contribution in [-0.2, 0) is 10.0 Å². The van der Waals surface area contributed by atoms with Crippen molar-refractivity contribution in [2.45, 2.75) is 44.0 Å². The molecule has 112 valence electrons. The van der Waals surface area contributed by atoms with Gasteiger partial charge < -0.3 is 0 Å². The lowest BCUT2D eigenvalue weighted by Crippen LogP contribution is -2.43. The second-order valence-electron chi connectivity index (χ2n) is 5.57. The van der Waals surface area contributed by atoms with Crippen molar-refractivity contribution in [2.24, 2.45) is 11.8 Å². The number of hydrogen-bond donors (Lipinski definition) is 1. The fourth-order valence-corrected chi connectivity index (χ4v) is 5.10. The van der Waals surface area contributed by atoms with Gasteiger partial charge >= 0.3 is 0 Å². The first kappa shape index (κ1) is 16.3. The van der Waals surface area contributed by atoms with Gasteiger partial charge in [0.2, 0.25) is 10.0 Å². The van der Waals surface area contributed by atoms with Crippen LogP contribution in [0.15, 0.2) is 27.6 Å². The molecule has 3 unspecified atom stereocenters. The fourth-order valence-electron chi connectivity index (χ4n) is 2.70. The number of hydrogen-bond acceptors (Lipinski definition) is 2. The van der Waals surface area contributed by atoms with Crippen molar-refractivity contribution < 1.29 is 8.42 Å². The molecule has 0 heterocycles. The van der Waals surface area contributed by atoms with Gasteiger partial charge in [-0.05, 0) is 36.5 Å². The Hall–Kier alpha value is -0.100. The van der Waals surface area contributed by atoms with Gasteiger partial charge in [-0.25, -0.2) is 13.1 Å². The third kappa shape index (κ3) is 3.56. The molecule has 0 aliphatic heterocycles. The first-order chi connectivity index (χ1) is 9.31. The molecule has 20 heavy (non-hydrogen) atoms. The Bertz CT molecular complexity index is 591. The standard InChI is InChI=1S/C14H19BrClNO2S/c1-9-4-3-5-13(10(9)2)17-20(18,19)14-7-6-11(15)8-12(14)16/h6-10,13,17H,3-5H2,1-2H3. The summed E-state index contributed by atoms with van der Waals surface area (Å²) in [6, 6.07) is 4.81. The van der Waals surface area contributed by atoms with Crippen LogP contribution in [0.4, 0.5) is 0 Å². The Morgan fingerprint density at radius 3 is 2.65 bits per heavy atom. The van der Waals surface area contributed by atoms with Crippen molar-refractivity contribution in [3.05, 3.63) is 27.7 Å². The van der Waals surface area contributed by atoms with Crippen molar-refractivity contribution in [1.29, 1.82) is 0 Å². The average Bonchev–Trinajstić information content (AvgIpc) is 2.34. The first-order valence-electron chi connectivity index (χ1n) is 6.78. The van der Waals surface area contributed by atoms with Gasteiger partial charge in [-0.2, -0.15) is 0 Å². The van der Waals surface area contributed by atoms with E-state index >= 15 is 0 Å². The van der Waals surface area contributed by atoms with Crippen molar-refractivity contribution in [3.8, 4) is 0 Å². The molecule has 1 aliphatic rings. The minimum Gasteiger partial charge on any atom is -0.208 e. The molecule has 1 aromatic carbocycles. The number of nitrogens with one attached hydrogen (secondary N) is 1. The van der Waals surface area contributed by atoms with E-state index in [-0.39, 0.29) is 16.0 Å². The van der Waals surface area contributed by atoms with E-state index < -0.39 is 10.0 Å². The normalized spacial score (nSPS) is 27.5. The van der Waals surface area contributed by atoms with Crippen LogP contribution in [0.3, 0.4) is 0 Å². The average molecular weight is 381 g/mol. The highest BCUT2D eigenvalue weighted by Crippen LogP contribution is 2.31. The predicted octanol–water partition coefficient (Wildman–Crippen LogP) is 4.21. The topological polar surface area (TPSA) is 46.2 Å². The van der Waals surface area contributed by atoms with Gasteiger partial charge in [-0.15, -0.1) is 0 Å². The Morgan fingerprint density at radius 2 is 2.00 bits per heavy atom. The zero-order valence-corrected chi connectivity index (χ0v) is 14.7. The van der Waals surface area contributed by atoms with E-state index in [1.165, 1.54) is 12.5 Å². The lowest BCUT2D eigenvalue weighted by Gasteiger charge is -2.34. The Morgan fingerprint density at radius 1 is 1.30 bits per heavy atom. The molecule has 0 radical (unpaired) electrons. The van der Waals surface area contributed by atoms with Crippen LogP contribution in [0.5, 0.6) is 0 Å². The quantitative estimate of drug-likeness (QED) is 0.854. The summed E-state index contributed by atoms with van der Waals surface area (Å²) in [5, 5.41) is 0.239. The molecule has 0 aromatic heterocycles. The molecular formula is C14H19BrClNO2S. The Kier molecular flexibility index (Phi) is 5.16. The highest BCUT2D eigenvalue weighted by Gasteiger charge is 2.31. The molecule has 0 bridgehead atoms. The maximum atomic E-state index is 12.5. The third-order valence-corrected chi connectivity index (χ3v) is 6.66. The second kappa shape index (κ2) is 6.34. The summed E-state index contributed by atoms with van der Waals surface area (Å²) in [5.41, 5.74) is 0. The molecule has 3 atom stereocenters. The zero-order chi connectivity index (χ0) is 14.9. The maximum Gasteiger partial charge on any atom is 0.242 e. The van der Waals surface area contributed by atoms with E-state index in [9.17, 15) is 8.42 Å². The molecule has 0 spiro atoms. The lowest BCUT2D eigenvalue weighted by atomic mass is 9.78. The van der Waals surface area contributed by atoms with E-state index in [1.807, 2.05) is 0 Å². The van der Waals surface area contributed by atoms with Gasteiger partial charge in [0.1, 0.15) is 4.90 Å². The zero-order valence-electron chi connectivity index (χ0n) is 11.6. The minimum atomic E-state index is -3.57. The summed E-state index contributed by atoms with van der Waals surface area (Å²) < 4.78 is 28.5. The summed E-state index contributed by atoms with van der Waals surface area (Å²) in [6.45, 7) is 4.29. The molecule has 1 fully saturated rings. The van der Waals surface area contributed by atoms with Gasteiger partial charge in [0.05, 0.1) is 5.02 Å². The van der Waals surface area contributed by atoms with Crippen molar-refractivity contribution >= 4 is 37.6 Å². The SMILES string of the molecule is CC1CCCC(NS(=O)(=O)c2ccc(Br)cc2Cl)C1C. The van der Waals surface area contributed by atoms with Crippen LogP contribution < -0.4 is 4.72 Å². The van der Waals surface area contributed by atoms with Crippen LogP contribution in [0, 0.1) is 11.8 Å². The number of sulfonamides is 1. The van der Waals surface area contributed by atoms with E-state index in [0.717, 1.165) is 17.3 Å². The smallest absolute Gasteiger partial charge is 0.208 e. The van der Waals surface area contributed by atoms with E-state index in [4.69, 9.17) is 11.6 Å². The fraction of sp³-hybridized carbons (Fsp3) is 0.571. The van der Waals surface area contributed by atoms with Crippen LogP contribution in [0.25, 0.3) is 0 Å². The highest BCUT2D eigenvalue weighted by atomic mass is 79.9. The second-order valence-corrected chi connectivity index (χ2v) is 8.58. The molecule has 3 nitrogen and oxygen atoms in total. The lowest BCUT2D eigenvalue weighted by molar-refractivity contribution is 0.227. The van der Waals surface area contributed by atoms with Crippen LogP contribution in [-0.4, -0.2) is 14.5 Å². The number of rotatable bonds is 3. The first-order valence-corrected chi connectivity index (χ1v) is 9.44. The molecule has 0 amide bonds. The van der Waals surface area contributed by atoms with Gasteiger partial charge in [0, 0.05) is 10.5 Å². The van der Waals surface area contributed by atoms with Crippen molar-refractivity contribution in [2.75, 3.05) is 0 Å². The molecule has 1 saturated carbocycles. The number of halogens is 2. The monoisotopic (exact) mass is 379 g/mol. The molecular weight excluding hydrogens is 362 g/mol. The third-order valence-electron chi connectivity index (χ3n) is 4.20. The molecule has 2 rings (SSSR count). The summed E-state index contributed by atoms with van der Waals surface area (Å²) >= 11 is 9.33. The molecule has 1 aliphatic carbocycles. The van der Waals surface area contributed by atoms with Gasteiger partial charge in [0.15, 0.2) is 0 Å². The van der Waals surface area contributed by atoms with Crippen molar-refractivity contribution in [1.82, 2.24) is 4.72 Å². The molecule has 1 N–H and O–H groups in total.